The molecule has 0 aliphatic rings. The van der Waals surface area contributed by atoms with Gasteiger partial charge in [-0.05, 0) is 12.5 Å². The largest absolute Gasteiger partial charge is 0.368 e. The smallest absolute Gasteiger partial charge is 0.235 e. The SMILES string of the molecule is CC(=O)CS[C@@H](C(N)=O)c1ccccc1. The molecular weight excluding hydrogens is 210 g/mol. The fourth-order valence-corrected chi connectivity index (χ4v) is 2.09. The zero-order valence-electron chi connectivity index (χ0n) is 8.47. The summed E-state index contributed by atoms with van der Waals surface area (Å²) in [6.45, 7) is 1.50. The van der Waals surface area contributed by atoms with Gasteiger partial charge < -0.3 is 5.73 Å². The molecule has 2 N–H and O–H groups in total. The monoisotopic (exact) mass is 223 g/mol. The Bertz CT molecular complexity index is 351. The molecule has 0 aromatic heterocycles. The standard InChI is InChI=1S/C11H13NO2S/c1-8(13)7-15-10(11(12)14)9-5-3-2-4-6-9/h2-6,10H,7H2,1H3,(H2,12,14)/t10-/m1/s1. The first-order valence-electron chi connectivity index (χ1n) is 4.56. The Labute approximate surface area is 93.0 Å². The molecule has 0 saturated carbocycles. The van der Waals surface area contributed by atoms with Gasteiger partial charge in [0.15, 0.2) is 0 Å². The third kappa shape index (κ3) is 3.75. The van der Waals surface area contributed by atoms with Crippen LogP contribution < -0.4 is 5.73 Å². The van der Waals surface area contributed by atoms with Crippen LogP contribution in [0.5, 0.6) is 0 Å². The van der Waals surface area contributed by atoms with E-state index in [-0.39, 0.29) is 5.78 Å². The quantitative estimate of drug-likeness (QED) is 0.823. The summed E-state index contributed by atoms with van der Waals surface area (Å²) in [4.78, 5) is 22.0. The highest BCUT2D eigenvalue weighted by molar-refractivity contribution is 8.00. The van der Waals surface area contributed by atoms with Crippen molar-refractivity contribution in [1.29, 1.82) is 0 Å². The summed E-state index contributed by atoms with van der Waals surface area (Å²) in [5.41, 5.74) is 6.13. The van der Waals surface area contributed by atoms with Crippen LogP contribution in [-0.4, -0.2) is 17.4 Å². The predicted molar refractivity (Wildman–Crippen MR) is 61.5 cm³/mol. The Balaban J connectivity index is 2.75. The number of carbonyl (C=O) groups excluding carboxylic acids is 2. The van der Waals surface area contributed by atoms with Crippen LogP contribution in [0.3, 0.4) is 0 Å². The average Bonchev–Trinajstić information content (AvgIpc) is 2.18. The van der Waals surface area contributed by atoms with Crippen LogP contribution in [0.25, 0.3) is 0 Å². The highest BCUT2D eigenvalue weighted by Gasteiger charge is 2.18. The number of thioether (sulfide) groups is 1. The molecule has 0 bridgehead atoms. The van der Waals surface area contributed by atoms with Gasteiger partial charge in [-0.2, -0.15) is 0 Å². The van der Waals surface area contributed by atoms with E-state index in [1.807, 2.05) is 30.3 Å². The first kappa shape index (κ1) is 11.8. The first-order chi connectivity index (χ1) is 7.11. The van der Waals surface area contributed by atoms with Crippen LogP contribution in [0.2, 0.25) is 0 Å². The molecule has 1 atom stereocenters. The van der Waals surface area contributed by atoms with Crippen LogP contribution >= 0.6 is 11.8 Å². The van der Waals surface area contributed by atoms with E-state index in [9.17, 15) is 9.59 Å². The molecule has 1 rings (SSSR count). The molecule has 0 fully saturated rings. The third-order valence-corrected chi connectivity index (χ3v) is 3.22. The number of rotatable bonds is 5. The van der Waals surface area contributed by atoms with Gasteiger partial charge >= 0.3 is 0 Å². The minimum absolute atomic E-state index is 0.0437. The van der Waals surface area contributed by atoms with Crippen LogP contribution in [0.1, 0.15) is 17.7 Å². The minimum Gasteiger partial charge on any atom is -0.368 e. The lowest BCUT2D eigenvalue weighted by Gasteiger charge is -2.11. The van der Waals surface area contributed by atoms with E-state index < -0.39 is 11.2 Å². The fraction of sp³-hybridized carbons (Fsp3) is 0.273. The molecule has 0 aliphatic carbocycles. The van der Waals surface area contributed by atoms with E-state index in [1.54, 1.807) is 0 Å². The van der Waals surface area contributed by atoms with E-state index in [2.05, 4.69) is 0 Å². The zero-order valence-corrected chi connectivity index (χ0v) is 9.29. The summed E-state index contributed by atoms with van der Waals surface area (Å²) in [6, 6.07) is 9.24. The highest BCUT2D eigenvalue weighted by atomic mass is 32.2. The van der Waals surface area contributed by atoms with Crippen molar-refractivity contribution in [1.82, 2.24) is 0 Å². The summed E-state index contributed by atoms with van der Waals surface area (Å²) in [7, 11) is 0. The first-order valence-corrected chi connectivity index (χ1v) is 5.61. The normalized spacial score (nSPS) is 12.1. The molecule has 0 unspecified atom stereocenters. The summed E-state index contributed by atoms with van der Waals surface area (Å²) in [5.74, 6) is -0.0580. The number of benzene rings is 1. The molecule has 0 radical (unpaired) electrons. The topological polar surface area (TPSA) is 60.2 Å². The summed E-state index contributed by atoms with van der Waals surface area (Å²) < 4.78 is 0. The number of amides is 1. The van der Waals surface area contributed by atoms with Crippen LogP contribution in [0.4, 0.5) is 0 Å². The van der Waals surface area contributed by atoms with Crippen LogP contribution in [0, 0.1) is 0 Å². The number of carbonyl (C=O) groups is 2. The zero-order chi connectivity index (χ0) is 11.3. The Morgan fingerprint density at radius 1 is 1.33 bits per heavy atom. The number of nitrogens with two attached hydrogens (primary N) is 1. The highest BCUT2D eigenvalue weighted by Crippen LogP contribution is 2.27. The van der Waals surface area contributed by atoms with Crippen molar-refractivity contribution in [3.8, 4) is 0 Å². The van der Waals surface area contributed by atoms with Gasteiger partial charge in [0.05, 0.1) is 5.75 Å². The Kier molecular flexibility index (Phi) is 4.37. The molecule has 1 amide bonds. The van der Waals surface area contributed by atoms with Crippen molar-refractivity contribution in [2.75, 3.05) is 5.75 Å². The number of Topliss-reactive ketones (excluding diaryl/α,β-unsaturated/α-hetero) is 1. The Hall–Kier alpha value is -1.29. The summed E-state index contributed by atoms with van der Waals surface area (Å²) in [5, 5.41) is -0.435. The Morgan fingerprint density at radius 2 is 1.93 bits per heavy atom. The van der Waals surface area contributed by atoms with Crippen LogP contribution in [0.15, 0.2) is 30.3 Å². The maximum atomic E-state index is 11.2. The lowest BCUT2D eigenvalue weighted by Crippen LogP contribution is -2.20. The van der Waals surface area contributed by atoms with Gasteiger partial charge in [0.1, 0.15) is 11.0 Å². The van der Waals surface area contributed by atoms with Crippen molar-refractivity contribution < 1.29 is 9.59 Å². The van der Waals surface area contributed by atoms with Gasteiger partial charge in [-0.15, -0.1) is 11.8 Å². The lowest BCUT2D eigenvalue weighted by molar-refractivity contribution is -0.117. The van der Waals surface area contributed by atoms with Crippen molar-refractivity contribution in [2.45, 2.75) is 12.2 Å². The van der Waals surface area contributed by atoms with Gasteiger partial charge in [0.25, 0.3) is 0 Å². The number of ketones is 1. The minimum atomic E-state index is -0.435. The number of hydrogen-bond acceptors (Lipinski definition) is 3. The molecule has 15 heavy (non-hydrogen) atoms. The van der Waals surface area contributed by atoms with Gasteiger partial charge in [-0.1, -0.05) is 30.3 Å². The van der Waals surface area contributed by atoms with Gasteiger partial charge in [-0.3, -0.25) is 9.59 Å². The van der Waals surface area contributed by atoms with E-state index in [4.69, 9.17) is 5.73 Å². The third-order valence-electron chi connectivity index (χ3n) is 1.81. The summed E-state index contributed by atoms with van der Waals surface area (Å²) in [6.07, 6.45) is 0. The molecule has 4 heteroatoms. The number of primary amides is 1. The molecule has 1 aromatic carbocycles. The van der Waals surface area contributed by atoms with Gasteiger partial charge in [-0.25, -0.2) is 0 Å². The van der Waals surface area contributed by atoms with Gasteiger partial charge in [0, 0.05) is 0 Å². The van der Waals surface area contributed by atoms with Crippen molar-refractivity contribution in [3.05, 3.63) is 35.9 Å². The van der Waals surface area contributed by atoms with E-state index in [1.165, 1.54) is 18.7 Å². The predicted octanol–water partition coefficient (Wildman–Crippen LogP) is 1.54. The van der Waals surface area contributed by atoms with E-state index in [0.29, 0.717) is 5.75 Å². The lowest BCUT2D eigenvalue weighted by atomic mass is 10.1. The van der Waals surface area contributed by atoms with E-state index >= 15 is 0 Å². The van der Waals surface area contributed by atoms with Gasteiger partial charge in [0.2, 0.25) is 5.91 Å². The molecule has 1 aromatic rings. The van der Waals surface area contributed by atoms with E-state index in [0.717, 1.165) is 5.56 Å². The average molecular weight is 223 g/mol. The fourth-order valence-electron chi connectivity index (χ4n) is 1.17. The molecular formula is C11H13NO2S. The molecule has 80 valence electrons. The number of hydrogen-bond donors (Lipinski definition) is 1. The second-order valence-corrected chi connectivity index (χ2v) is 4.30. The van der Waals surface area contributed by atoms with Crippen molar-refractivity contribution in [3.63, 3.8) is 0 Å². The summed E-state index contributed by atoms with van der Waals surface area (Å²) >= 11 is 1.27. The molecule has 0 aliphatic heterocycles. The second kappa shape index (κ2) is 5.56. The second-order valence-electron chi connectivity index (χ2n) is 3.21. The Morgan fingerprint density at radius 3 is 2.40 bits per heavy atom. The van der Waals surface area contributed by atoms with Crippen molar-refractivity contribution >= 4 is 23.5 Å². The maximum absolute atomic E-state index is 11.2. The molecule has 3 nitrogen and oxygen atoms in total. The maximum Gasteiger partial charge on any atom is 0.235 e. The van der Waals surface area contributed by atoms with Crippen LogP contribution in [-0.2, 0) is 9.59 Å². The van der Waals surface area contributed by atoms with Crippen molar-refractivity contribution in [2.24, 2.45) is 5.73 Å². The molecule has 0 spiro atoms. The molecule has 0 saturated heterocycles. The molecule has 0 heterocycles.